The van der Waals surface area contributed by atoms with Crippen LogP contribution in [0.2, 0.25) is 0 Å². The number of hydrogen-bond acceptors (Lipinski definition) is 11. The first-order valence-corrected chi connectivity index (χ1v) is 23.6. The number of aliphatic hydroxyl groups is 2. The lowest BCUT2D eigenvalue weighted by Gasteiger charge is -2.57. The van der Waals surface area contributed by atoms with E-state index in [2.05, 4.69) is 71.3 Å². The number of piperazine rings is 1. The van der Waals surface area contributed by atoms with Crippen LogP contribution in [-0.2, 0) is 11.3 Å². The molecule has 3 aliphatic heterocycles. The molecule has 2 saturated carbocycles. The van der Waals surface area contributed by atoms with Gasteiger partial charge in [-0.15, -0.1) is 0 Å². The molecule has 4 fully saturated rings. The lowest BCUT2D eigenvalue weighted by atomic mass is 9.51. The van der Waals surface area contributed by atoms with Gasteiger partial charge in [-0.2, -0.15) is 5.10 Å². The smallest absolute Gasteiger partial charge is 0.299 e. The Hall–Kier alpha value is -4.50. The van der Waals surface area contributed by atoms with Gasteiger partial charge in [-0.25, -0.2) is 9.98 Å². The minimum atomic E-state index is -0.811. The number of ether oxygens (including phenoxy) is 1. The van der Waals surface area contributed by atoms with Crippen molar-refractivity contribution in [1.82, 2.24) is 34.8 Å². The van der Waals surface area contributed by atoms with Crippen LogP contribution in [0.1, 0.15) is 104 Å². The van der Waals surface area contributed by atoms with Crippen LogP contribution in [0, 0.1) is 29.1 Å². The zero-order valence-corrected chi connectivity index (χ0v) is 38.7. The molecule has 2 saturated heterocycles. The van der Waals surface area contributed by atoms with Crippen LogP contribution in [-0.4, -0.2) is 109 Å². The highest BCUT2D eigenvalue weighted by Crippen LogP contribution is 2.60. The maximum absolute atomic E-state index is 10.7. The summed E-state index contributed by atoms with van der Waals surface area (Å²) >= 11 is 1.48. The van der Waals surface area contributed by atoms with Crippen LogP contribution in [0.3, 0.4) is 0 Å². The summed E-state index contributed by atoms with van der Waals surface area (Å²) in [4.78, 5) is 16.2. The molecular weight excluding hydrogens is 797 g/mol. The molecule has 0 radical (unpaired) electrons. The van der Waals surface area contributed by atoms with Gasteiger partial charge < -0.3 is 30.9 Å². The molecule has 4 atom stereocenters. The van der Waals surface area contributed by atoms with Crippen molar-refractivity contribution in [1.29, 1.82) is 5.41 Å². The number of nitrogens with zero attached hydrogens (tertiary/aromatic N) is 7. The van der Waals surface area contributed by atoms with Gasteiger partial charge in [0.2, 0.25) is 5.13 Å². The van der Waals surface area contributed by atoms with Crippen molar-refractivity contribution in [2.45, 2.75) is 118 Å². The molecule has 2 bridgehead atoms. The van der Waals surface area contributed by atoms with Gasteiger partial charge >= 0.3 is 0 Å². The molecule has 13 nitrogen and oxygen atoms in total. The molecule has 0 amide bonds. The normalized spacial score (nSPS) is 28.6. The quantitative estimate of drug-likeness (QED) is 0.0676. The highest BCUT2D eigenvalue weighted by Gasteiger charge is 2.53. The third-order valence-corrected chi connectivity index (χ3v) is 15.5. The second kappa shape index (κ2) is 17.6. The highest BCUT2D eigenvalue weighted by atomic mass is 32.1. The number of rotatable bonds is 12. The molecule has 5 heterocycles. The minimum absolute atomic E-state index is 0.100. The highest BCUT2D eigenvalue weighted by molar-refractivity contribution is 7.22. The number of nitrogens with two attached hydrogens (primary N) is 1. The predicted molar refractivity (Wildman–Crippen MR) is 251 cm³/mol. The summed E-state index contributed by atoms with van der Waals surface area (Å²) in [6.07, 6.45) is 13.9. The number of para-hydroxylation sites is 1. The van der Waals surface area contributed by atoms with E-state index in [1.165, 1.54) is 17.8 Å². The number of aliphatic imine (C=N–C) groups is 1. The fraction of sp³-hybridized carbons (Fsp3) is 0.583. The van der Waals surface area contributed by atoms with E-state index in [9.17, 15) is 15.6 Å². The summed E-state index contributed by atoms with van der Waals surface area (Å²) in [5.74, 6) is 1.000. The van der Waals surface area contributed by atoms with Crippen molar-refractivity contribution in [2.75, 3.05) is 45.9 Å². The number of fused-ring (bicyclic) bond motifs is 3. The van der Waals surface area contributed by atoms with Gasteiger partial charge in [-0.1, -0.05) is 37.3 Å². The van der Waals surface area contributed by atoms with Crippen molar-refractivity contribution in [3.8, 4) is 0 Å². The number of benzene rings is 1. The van der Waals surface area contributed by atoms with Crippen LogP contribution < -0.4 is 11.1 Å². The third-order valence-electron chi connectivity index (χ3n) is 14.6. The Morgan fingerprint density at radius 2 is 1.85 bits per heavy atom. The largest absolute Gasteiger partial charge is 0.480 e. The summed E-state index contributed by atoms with van der Waals surface area (Å²) in [5.41, 5.74) is 11.8. The third kappa shape index (κ3) is 9.11. The van der Waals surface area contributed by atoms with E-state index < -0.39 is 5.95 Å². The number of dihydropyridines is 1. The number of aromatic nitrogens is 3. The number of piperidine rings is 1. The van der Waals surface area contributed by atoms with Crippen molar-refractivity contribution in [3.05, 3.63) is 82.5 Å². The molecule has 6 N–H and O–H groups in total. The molecule has 14 heteroatoms. The molecule has 0 spiro atoms. The molecule has 2 aliphatic carbocycles. The van der Waals surface area contributed by atoms with E-state index in [1.807, 2.05) is 54.4 Å². The van der Waals surface area contributed by atoms with E-state index in [0.29, 0.717) is 53.1 Å². The van der Waals surface area contributed by atoms with E-state index >= 15 is 0 Å². The van der Waals surface area contributed by atoms with Gasteiger partial charge in [0.15, 0.2) is 0 Å². The molecule has 1 aromatic carbocycles. The van der Waals surface area contributed by atoms with Crippen LogP contribution in [0.25, 0.3) is 15.8 Å². The minimum Gasteiger partial charge on any atom is -0.480 e. The van der Waals surface area contributed by atoms with Gasteiger partial charge in [0.05, 0.1) is 28.6 Å². The number of likely N-dealkylation sites (tertiary alicyclic amines) is 1. The summed E-state index contributed by atoms with van der Waals surface area (Å²) in [6.45, 7) is 23.5. The topological polar surface area (TPSA) is 164 Å². The first-order valence-electron chi connectivity index (χ1n) is 22.8. The van der Waals surface area contributed by atoms with Crippen molar-refractivity contribution in [2.24, 2.45) is 27.5 Å². The Morgan fingerprint density at radius 1 is 1.08 bits per heavy atom. The van der Waals surface area contributed by atoms with Crippen molar-refractivity contribution in [3.63, 3.8) is 0 Å². The maximum Gasteiger partial charge on any atom is 0.299 e. The number of aliphatic hydroxyl groups excluding tert-OH is 1. The lowest BCUT2D eigenvalue weighted by Crippen LogP contribution is -2.52. The monoisotopic (exact) mass is 865 g/mol. The van der Waals surface area contributed by atoms with Crippen LogP contribution >= 0.6 is 11.3 Å². The Labute approximate surface area is 371 Å². The SMILES string of the molecule is CCC1(Cn2ncc(C3=CC=C(N4CCC/C(=C(C)/C(N)=N/c5nc6ccccc6s5)C4=N)NC3=C(O)O)c2C)CC2CC(C)(OCCN3CCN(C(C)C)CC3)C[C@@](C)(C2)C1. The number of hydrogen-bond donors (Lipinski definition) is 5. The average Bonchev–Trinajstić information content (AvgIpc) is 3.81. The van der Waals surface area contributed by atoms with Crippen molar-refractivity contribution >= 4 is 43.9 Å². The number of amidine groups is 2. The van der Waals surface area contributed by atoms with Gasteiger partial charge in [0.25, 0.3) is 5.95 Å². The average molecular weight is 865 g/mol. The first-order chi connectivity index (χ1) is 29.6. The van der Waals surface area contributed by atoms with E-state index in [1.54, 1.807) is 0 Å². The summed E-state index contributed by atoms with van der Waals surface area (Å²) in [7, 11) is 0. The second-order valence-corrected chi connectivity index (χ2v) is 20.7. The van der Waals surface area contributed by atoms with Gasteiger partial charge in [-0.05, 0) is 133 Å². The number of nitrogens with one attached hydrogen (secondary N) is 2. The fourth-order valence-electron chi connectivity index (χ4n) is 11.7. The Kier molecular flexibility index (Phi) is 12.5. The zero-order chi connectivity index (χ0) is 44.0. The molecule has 2 aromatic heterocycles. The Morgan fingerprint density at radius 3 is 2.56 bits per heavy atom. The van der Waals surface area contributed by atoms with Crippen LogP contribution in [0.4, 0.5) is 5.13 Å². The molecule has 3 unspecified atom stereocenters. The lowest BCUT2D eigenvalue weighted by molar-refractivity contribution is -0.146. The number of thiazole rings is 1. The molecule has 8 rings (SSSR count). The summed E-state index contributed by atoms with van der Waals surface area (Å²) in [6, 6.07) is 8.51. The molecule has 3 aromatic rings. The Balaban J connectivity index is 0.947. The fourth-order valence-corrected chi connectivity index (χ4v) is 12.6. The van der Waals surface area contributed by atoms with Gasteiger partial charge in [-0.3, -0.25) is 19.9 Å². The molecular formula is C48H68N10O3S. The molecule has 5 aliphatic rings. The zero-order valence-electron chi connectivity index (χ0n) is 37.9. The van der Waals surface area contributed by atoms with Gasteiger partial charge in [0, 0.05) is 74.3 Å². The summed E-state index contributed by atoms with van der Waals surface area (Å²) < 4.78 is 10.0. The van der Waals surface area contributed by atoms with Crippen LogP contribution in [0.15, 0.2) is 76.2 Å². The molecule has 334 valence electrons. The van der Waals surface area contributed by atoms with Gasteiger partial charge in [0.1, 0.15) is 23.2 Å². The Bertz CT molecular complexity index is 2290. The van der Waals surface area contributed by atoms with E-state index in [0.717, 1.165) is 117 Å². The maximum atomic E-state index is 10.7. The number of allylic oxidation sites excluding steroid dienone is 3. The predicted octanol–water partition coefficient (Wildman–Crippen LogP) is 8.79. The first kappa shape index (κ1) is 44.1. The van der Waals surface area contributed by atoms with E-state index in [-0.39, 0.29) is 22.1 Å². The molecule has 62 heavy (non-hydrogen) atoms. The van der Waals surface area contributed by atoms with Crippen molar-refractivity contribution < 1.29 is 14.9 Å². The second-order valence-electron chi connectivity index (χ2n) is 19.7. The van der Waals surface area contributed by atoms with E-state index in [4.69, 9.17) is 15.6 Å². The standard InChI is InChI=1S/C48H68N10O3S/c1-8-48(26-34-24-46(6,29-48)28-47(7,25-34)61-23-22-55-18-20-56(21-19-55)31(2)3)30-58-33(5)37(27-51-58)36-15-16-40(53-41(36)44(59)60)57-17-11-12-35(43(57)50)32(4)42(49)54-45-52-38-13-9-10-14-39(38)62-45/h9-10,13-16,27,31,34,50,53,59-60H,8,11-12,17-26,28-30H2,1-7H3,(H2,49,52,54)/b35-32-,50-43?/t34?,46-,47?,48?/m1/s1. The van der Waals surface area contributed by atoms with Crippen LogP contribution in [0.5, 0.6) is 0 Å². The summed E-state index contributed by atoms with van der Waals surface area (Å²) in [5, 5.41) is 39.4.